The number of aromatic nitrogens is 4. The smallest absolute Gasteiger partial charge is 0.276 e. The number of carbonyl (C=O) groups excluding carboxylic acids is 2. The van der Waals surface area contributed by atoms with Gasteiger partial charge in [-0.3, -0.25) is 19.3 Å². The number of anilines is 1. The first-order valence-corrected chi connectivity index (χ1v) is 10.7. The number of hydrogen-bond acceptors (Lipinski definition) is 6. The molecule has 0 fully saturated rings. The zero-order chi connectivity index (χ0) is 22.7. The molecule has 0 radical (unpaired) electrons. The highest BCUT2D eigenvalue weighted by molar-refractivity contribution is 6.07. The third-order valence-corrected chi connectivity index (χ3v) is 5.44. The normalized spacial score (nSPS) is 15.1. The van der Waals surface area contributed by atoms with Crippen molar-refractivity contribution >= 4 is 17.5 Å². The van der Waals surface area contributed by atoms with Gasteiger partial charge in [-0.15, -0.1) is 0 Å². The Morgan fingerprint density at radius 1 is 1.22 bits per heavy atom. The van der Waals surface area contributed by atoms with Gasteiger partial charge in [-0.05, 0) is 56.2 Å². The van der Waals surface area contributed by atoms with Crippen molar-refractivity contribution in [1.82, 2.24) is 25.1 Å². The molecule has 0 saturated heterocycles. The molecule has 1 aromatic carbocycles. The van der Waals surface area contributed by atoms with Crippen LogP contribution in [0.5, 0.6) is 0 Å². The van der Waals surface area contributed by atoms with E-state index in [9.17, 15) is 9.59 Å². The molecule has 0 saturated carbocycles. The molecule has 1 unspecified atom stereocenters. The summed E-state index contributed by atoms with van der Waals surface area (Å²) in [6, 6.07) is 10.7. The predicted octanol–water partition coefficient (Wildman–Crippen LogP) is 2.16. The summed E-state index contributed by atoms with van der Waals surface area (Å²) in [7, 11) is 0. The lowest BCUT2D eigenvalue weighted by Gasteiger charge is -2.17. The number of fused-ring (bicyclic) bond motifs is 1. The lowest BCUT2D eigenvalue weighted by atomic mass is 9.98. The molecule has 0 bridgehead atoms. The van der Waals surface area contributed by atoms with Gasteiger partial charge in [0.1, 0.15) is 12.0 Å². The number of aliphatic hydroxyl groups excluding tert-OH is 1. The highest BCUT2D eigenvalue weighted by Crippen LogP contribution is 2.40. The van der Waals surface area contributed by atoms with Gasteiger partial charge in [-0.1, -0.05) is 6.07 Å². The summed E-state index contributed by atoms with van der Waals surface area (Å²) in [6.07, 6.45) is 3.77. The monoisotopic (exact) mass is 434 g/mol. The maximum atomic E-state index is 13.2. The average molecular weight is 435 g/mol. The first-order valence-electron chi connectivity index (χ1n) is 10.7. The van der Waals surface area contributed by atoms with Crippen LogP contribution in [0.2, 0.25) is 0 Å². The maximum Gasteiger partial charge on any atom is 0.276 e. The molecule has 1 aliphatic rings. The highest BCUT2D eigenvalue weighted by Gasteiger charge is 2.37. The summed E-state index contributed by atoms with van der Waals surface area (Å²) in [5, 5.41) is 16.4. The quantitative estimate of drug-likeness (QED) is 0.551. The number of nitrogens with one attached hydrogen (secondary N) is 1. The van der Waals surface area contributed by atoms with Crippen LogP contribution in [0.4, 0.5) is 5.69 Å². The largest absolute Gasteiger partial charge is 0.396 e. The number of nitrogens with zero attached hydrogens (tertiary/aromatic N) is 5. The van der Waals surface area contributed by atoms with Crippen LogP contribution in [0.1, 0.15) is 64.5 Å². The van der Waals surface area contributed by atoms with Crippen LogP contribution in [0, 0.1) is 0 Å². The highest BCUT2D eigenvalue weighted by atomic mass is 16.3. The molecule has 9 heteroatoms. The van der Waals surface area contributed by atoms with Gasteiger partial charge in [0.15, 0.2) is 5.82 Å². The summed E-state index contributed by atoms with van der Waals surface area (Å²) >= 11 is 0. The number of carbonyl (C=O) groups is 2. The first kappa shape index (κ1) is 21.6. The third-order valence-electron chi connectivity index (χ3n) is 5.44. The van der Waals surface area contributed by atoms with E-state index in [1.54, 1.807) is 58.5 Å². The molecule has 1 aliphatic heterocycles. The van der Waals surface area contributed by atoms with Crippen LogP contribution in [0.3, 0.4) is 0 Å². The van der Waals surface area contributed by atoms with Crippen molar-refractivity contribution in [3.05, 3.63) is 71.6 Å². The van der Waals surface area contributed by atoms with E-state index >= 15 is 0 Å². The molecule has 3 heterocycles. The molecular formula is C23H26N6O3. The van der Waals surface area contributed by atoms with E-state index < -0.39 is 0 Å². The minimum Gasteiger partial charge on any atom is -0.396 e. The SMILES string of the molecule is CC(C)n1cnc(C2CN(C(=O)c3ccccn3)c3ccc(C(=O)NCCCO)cc32)n1. The van der Waals surface area contributed by atoms with E-state index in [4.69, 9.17) is 5.11 Å². The van der Waals surface area contributed by atoms with Crippen molar-refractivity contribution in [1.29, 1.82) is 0 Å². The molecule has 2 N–H and O–H groups in total. The standard InChI is InChI=1S/C23H26N6O3/c1-15(2)29-14-26-21(27-29)18-13-28(23(32)19-6-3-4-9-24-19)20-8-7-16(12-17(18)20)22(31)25-10-5-11-30/h3-4,6-9,12,14-15,18,30H,5,10-11,13H2,1-2H3,(H,25,31). The van der Waals surface area contributed by atoms with Crippen LogP contribution < -0.4 is 10.2 Å². The summed E-state index contributed by atoms with van der Waals surface area (Å²) in [6.45, 7) is 4.81. The number of amides is 2. The fourth-order valence-corrected chi connectivity index (χ4v) is 3.72. The summed E-state index contributed by atoms with van der Waals surface area (Å²) in [5.41, 5.74) is 2.39. The van der Waals surface area contributed by atoms with Crippen molar-refractivity contribution in [3.8, 4) is 0 Å². The first-order chi connectivity index (χ1) is 15.5. The van der Waals surface area contributed by atoms with Gasteiger partial charge >= 0.3 is 0 Å². The van der Waals surface area contributed by atoms with Gasteiger partial charge in [0.25, 0.3) is 11.8 Å². The Morgan fingerprint density at radius 2 is 2.06 bits per heavy atom. The van der Waals surface area contributed by atoms with Gasteiger partial charge < -0.3 is 15.3 Å². The number of benzene rings is 1. The van der Waals surface area contributed by atoms with Gasteiger partial charge in [-0.2, -0.15) is 5.10 Å². The second-order valence-electron chi connectivity index (χ2n) is 7.97. The van der Waals surface area contributed by atoms with E-state index in [0.717, 1.165) is 11.3 Å². The predicted molar refractivity (Wildman–Crippen MR) is 119 cm³/mol. The average Bonchev–Trinajstić information content (AvgIpc) is 3.44. The Morgan fingerprint density at radius 3 is 2.75 bits per heavy atom. The number of pyridine rings is 1. The second kappa shape index (κ2) is 9.27. The van der Waals surface area contributed by atoms with E-state index in [1.807, 2.05) is 13.8 Å². The molecule has 2 amide bonds. The molecule has 9 nitrogen and oxygen atoms in total. The van der Waals surface area contributed by atoms with E-state index in [0.29, 0.717) is 36.6 Å². The maximum absolute atomic E-state index is 13.2. The fraction of sp³-hybridized carbons (Fsp3) is 0.348. The lowest BCUT2D eigenvalue weighted by Crippen LogP contribution is -2.30. The zero-order valence-electron chi connectivity index (χ0n) is 18.1. The third kappa shape index (κ3) is 4.24. The van der Waals surface area contributed by atoms with Crippen molar-refractivity contribution in [2.45, 2.75) is 32.2 Å². The Bertz CT molecular complexity index is 1110. The van der Waals surface area contributed by atoms with E-state index in [-0.39, 0.29) is 30.4 Å². The minimum atomic E-state index is -0.261. The van der Waals surface area contributed by atoms with Crippen molar-refractivity contribution in [2.24, 2.45) is 0 Å². The zero-order valence-corrected chi connectivity index (χ0v) is 18.1. The lowest BCUT2D eigenvalue weighted by molar-refractivity contribution is 0.0949. The van der Waals surface area contributed by atoms with Crippen LogP contribution >= 0.6 is 0 Å². The Kier molecular flexibility index (Phi) is 6.27. The summed E-state index contributed by atoms with van der Waals surface area (Å²) in [4.78, 5) is 36.1. The fourth-order valence-electron chi connectivity index (χ4n) is 3.72. The molecule has 166 valence electrons. The van der Waals surface area contributed by atoms with Crippen LogP contribution in [-0.2, 0) is 0 Å². The molecular weight excluding hydrogens is 408 g/mol. The molecule has 2 aromatic heterocycles. The molecule has 1 atom stereocenters. The topological polar surface area (TPSA) is 113 Å². The van der Waals surface area contributed by atoms with Crippen LogP contribution in [-0.4, -0.2) is 56.4 Å². The molecule has 3 aromatic rings. The van der Waals surface area contributed by atoms with Gasteiger partial charge in [0.2, 0.25) is 0 Å². The number of aliphatic hydroxyl groups is 1. The second-order valence-corrected chi connectivity index (χ2v) is 7.97. The Hall–Kier alpha value is -3.59. The minimum absolute atomic E-state index is 0.0152. The molecule has 32 heavy (non-hydrogen) atoms. The summed E-state index contributed by atoms with van der Waals surface area (Å²) < 4.78 is 1.78. The van der Waals surface area contributed by atoms with Crippen LogP contribution in [0.25, 0.3) is 0 Å². The van der Waals surface area contributed by atoms with Gasteiger partial charge in [-0.25, -0.2) is 4.98 Å². The Labute approximate surface area is 186 Å². The van der Waals surface area contributed by atoms with Crippen molar-refractivity contribution in [2.75, 3.05) is 24.6 Å². The summed E-state index contributed by atoms with van der Waals surface area (Å²) in [5.74, 6) is -0.0927. The molecule has 0 spiro atoms. The van der Waals surface area contributed by atoms with Crippen molar-refractivity contribution < 1.29 is 14.7 Å². The van der Waals surface area contributed by atoms with Gasteiger partial charge in [0.05, 0.1) is 5.92 Å². The van der Waals surface area contributed by atoms with Gasteiger partial charge in [0, 0.05) is 43.2 Å². The molecule has 0 aliphatic carbocycles. The Balaban J connectivity index is 1.70. The number of hydrogen-bond donors (Lipinski definition) is 2. The van der Waals surface area contributed by atoms with E-state index in [1.165, 1.54) is 0 Å². The van der Waals surface area contributed by atoms with E-state index in [2.05, 4.69) is 20.4 Å². The van der Waals surface area contributed by atoms with Crippen molar-refractivity contribution in [3.63, 3.8) is 0 Å². The number of rotatable bonds is 7. The molecule has 4 rings (SSSR count). The van der Waals surface area contributed by atoms with Crippen LogP contribution in [0.15, 0.2) is 48.9 Å².